The lowest BCUT2D eigenvalue weighted by Gasteiger charge is -2.28. The van der Waals surface area contributed by atoms with Crippen molar-refractivity contribution in [2.75, 3.05) is 31.2 Å². The lowest BCUT2D eigenvalue weighted by atomic mass is 10.2. The van der Waals surface area contributed by atoms with Crippen molar-refractivity contribution in [1.82, 2.24) is 14.8 Å². The van der Waals surface area contributed by atoms with Gasteiger partial charge in [-0.3, -0.25) is 4.57 Å². The zero-order valence-electron chi connectivity index (χ0n) is 17.7. The molecule has 0 N–H and O–H groups in total. The Balaban J connectivity index is 1.64. The average molecular weight is 425 g/mol. The van der Waals surface area contributed by atoms with Gasteiger partial charge in [-0.2, -0.15) is 0 Å². The summed E-state index contributed by atoms with van der Waals surface area (Å²) in [6.45, 7) is 9.26. The molecule has 1 aliphatic heterocycles. The predicted molar refractivity (Wildman–Crippen MR) is 121 cm³/mol. The molecule has 2 aromatic carbocycles. The number of para-hydroxylation sites is 1. The fourth-order valence-electron chi connectivity index (χ4n) is 3.45. The van der Waals surface area contributed by atoms with Crippen LogP contribution in [-0.2, 0) is 10.5 Å². The highest BCUT2D eigenvalue weighted by molar-refractivity contribution is 7.98. The Morgan fingerprint density at radius 1 is 1.07 bits per heavy atom. The van der Waals surface area contributed by atoms with Crippen molar-refractivity contribution in [2.24, 2.45) is 0 Å². The van der Waals surface area contributed by atoms with Crippen LogP contribution in [0, 0.1) is 6.92 Å². The zero-order valence-corrected chi connectivity index (χ0v) is 18.6. The number of morpholine rings is 1. The first-order valence-corrected chi connectivity index (χ1v) is 11.3. The van der Waals surface area contributed by atoms with E-state index in [1.54, 1.807) is 11.8 Å². The maximum atomic E-state index is 5.99. The van der Waals surface area contributed by atoms with Gasteiger partial charge in [-0.05, 0) is 44.5 Å². The molecule has 0 spiro atoms. The van der Waals surface area contributed by atoms with E-state index in [0.29, 0.717) is 13.2 Å². The summed E-state index contributed by atoms with van der Waals surface area (Å²) in [6, 6.07) is 16.7. The van der Waals surface area contributed by atoms with E-state index in [2.05, 4.69) is 56.9 Å². The van der Waals surface area contributed by atoms with Gasteiger partial charge in [-0.1, -0.05) is 42.1 Å². The molecule has 1 fully saturated rings. The van der Waals surface area contributed by atoms with Crippen LogP contribution in [0.25, 0.3) is 5.69 Å². The molecule has 3 aromatic rings. The molecule has 2 heterocycles. The second kappa shape index (κ2) is 9.53. The van der Waals surface area contributed by atoms with Crippen LogP contribution in [0.5, 0.6) is 5.75 Å². The van der Waals surface area contributed by atoms with Gasteiger partial charge in [0.1, 0.15) is 5.75 Å². The number of thioether (sulfide) groups is 1. The van der Waals surface area contributed by atoms with Gasteiger partial charge in [0.05, 0.1) is 25.0 Å². The van der Waals surface area contributed by atoms with Crippen LogP contribution in [-0.4, -0.2) is 47.2 Å². The SMILES string of the molecule is Cc1cccc(-n2c(SCc3ccccc3OC(C)C)nnc2N2CCOCC2)c1. The quantitative estimate of drug-likeness (QED) is 0.521. The summed E-state index contributed by atoms with van der Waals surface area (Å²) in [5.74, 6) is 2.56. The highest BCUT2D eigenvalue weighted by Crippen LogP contribution is 2.32. The van der Waals surface area contributed by atoms with E-state index >= 15 is 0 Å². The van der Waals surface area contributed by atoms with Gasteiger partial charge in [0.25, 0.3) is 0 Å². The maximum Gasteiger partial charge on any atom is 0.232 e. The molecule has 7 heteroatoms. The normalized spacial score (nSPS) is 14.3. The maximum absolute atomic E-state index is 5.99. The summed E-state index contributed by atoms with van der Waals surface area (Å²) in [4.78, 5) is 2.25. The summed E-state index contributed by atoms with van der Waals surface area (Å²) in [5.41, 5.74) is 3.44. The molecule has 0 aliphatic carbocycles. The van der Waals surface area contributed by atoms with Gasteiger partial charge in [0.15, 0.2) is 5.16 Å². The van der Waals surface area contributed by atoms with E-state index in [9.17, 15) is 0 Å². The summed E-state index contributed by atoms with van der Waals surface area (Å²) in [6.07, 6.45) is 0.139. The van der Waals surface area contributed by atoms with E-state index < -0.39 is 0 Å². The molecular weight excluding hydrogens is 396 g/mol. The van der Waals surface area contributed by atoms with Crippen LogP contribution >= 0.6 is 11.8 Å². The van der Waals surface area contributed by atoms with E-state index in [1.165, 1.54) is 5.56 Å². The molecule has 1 saturated heterocycles. The van der Waals surface area contributed by atoms with E-state index in [4.69, 9.17) is 9.47 Å². The number of hydrogen-bond acceptors (Lipinski definition) is 6. The minimum absolute atomic E-state index is 0.139. The number of nitrogens with zero attached hydrogens (tertiary/aromatic N) is 4. The fourth-order valence-corrected chi connectivity index (χ4v) is 4.39. The first kappa shape index (κ1) is 20.8. The minimum atomic E-state index is 0.139. The van der Waals surface area contributed by atoms with Crippen molar-refractivity contribution in [3.05, 3.63) is 59.7 Å². The molecule has 30 heavy (non-hydrogen) atoms. The molecule has 0 radical (unpaired) electrons. The molecule has 6 nitrogen and oxygen atoms in total. The Bertz CT molecular complexity index is 983. The monoisotopic (exact) mass is 424 g/mol. The Morgan fingerprint density at radius 3 is 2.63 bits per heavy atom. The predicted octanol–water partition coefficient (Wildman–Crippen LogP) is 4.49. The number of anilines is 1. The van der Waals surface area contributed by atoms with Gasteiger partial charge in [0, 0.05) is 24.4 Å². The lowest BCUT2D eigenvalue weighted by Crippen LogP contribution is -2.37. The van der Waals surface area contributed by atoms with Crippen LogP contribution < -0.4 is 9.64 Å². The number of aryl methyl sites for hydroxylation is 1. The molecule has 158 valence electrons. The van der Waals surface area contributed by atoms with Gasteiger partial charge in [-0.15, -0.1) is 10.2 Å². The topological polar surface area (TPSA) is 52.4 Å². The average Bonchev–Trinajstić information content (AvgIpc) is 3.17. The Kier molecular flexibility index (Phi) is 6.59. The molecule has 4 rings (SSSR count). The largest absolute Gasteiger partial charge is 0.491 e. The van der Waals surface area contributed by atoms with Crippen molar-refractivity contribution in [1.29, 1.82) is 0 Å². The van der Waals surface area contributed by atoms with Crippen molar-refractivity contribution < 1.29 is 9.47 Å². The third-order valence-corrected chi connectivity index (χ3v) is 5.84. The molecular formula is C23H28N4O2S. The third kappa shape index (κ3) is 4.79. The molecule has 1 aromatic heterocycles. The number of benzene rings is 2. The molecule has 0 amide bonds. The van der Waals surface area contributed by atoms with Crippen LogP contribution in [0.15, 0.2) is 53.7 Å². The summed E-state index contributed by atoms with van der Waals surface area (Å²) < 4.78 is 13.7. The summed E-state index contributed by atoms with van der Waals surface area (Å²) >= 11 is 1.68. The Morgan fingerprint density at radius 2 is 1.87 bits per heavy atom. The number of hydrogen-bond donors (Lipinski definition) is 0. The Labute approximate surface area is 182 Å². The van der Waals surface area contributed by atoms with Gasteiger partial charge in [0.2, 0.25) is 5.95 Å². The van der Waals surface area contributed by atoms with Crippen molar-refractivity contribution >= 4 is 17.7 Å². The first-order valence-electron chi connectivity index (χ1n) is 10.3. The summed E-state index contributed by atoms with van der Waals surface area (Å²) in [5, 5.41) is 9.99. The summed E-state index contributed by atoms with van der Waals surface area (Å²) in [7, 11) is 0. The van der Waals surface area contributed by atoms with Crippen molar-refractivity contribution in [2.45, 2.75) is 37.8 Å². The van der Waals surface area contributed by atoms with Crippen molar-refractivity contribution in [3.8, 4) is 11.4 Å². The second-order valence-corrected chi connectivity index (χ2v) is 8.56. The van der Waals surface area contributed by atoms with Crippen LogP contribution in [0.4, 0.5) is 5.95 Å². The molecule has 0 saturated carbocycles. The third-order valence-electron chi connectivity index (χ3n) is 4.86. The van der Waals surface area contributed by atoms with Crippen LogP contribution in [0.3, 0.4) is 0 Å². The number of aromatic nitrogens is 3. The second-order valence-electron chi connectivity index (χ2n) is 7.62. The standard InChI is InChI=1S/C23H28N4O2S/c1-17(2)29-21-10-5-4-8-19(21)16-30-23-25-24-22(26-11-13-28-14-12-26)27(23)20-9-6-7-18(3)15-20/h4-10,15,17H,11-14,16H2,1-3H3. The van der Waals surface area contributed by atoms with E-state index in [0.717, 1.165) is 46.9 Å². The molecule has 0 unspecified atom stereocenters. The fraction of sp³-hybridized carbons (Fsp3) is 0.391. The first-order chi connectivity index (χ1) is 14.6. The minimum Gasteiger partial charge on any atom is -0.491 e. The molecule has 0 bridgehead atoms. The van der Waals surface area contributed by atoms with Crippen LogP contribution in [0.2, 0.25) is 0 Å². The van der Waals surface area contributed by atoms with Crippen LogP contribution in [0.1, 0.15) is 25.0 Å². The van der Waals surface area contributed by atoms with Gasteiger partial charge < -0.3 is 14.4 Å². The highest BCUT2D eigenvalue weighted by atomic mass is 32.2. The van der Waals surface area contributed by atoms with Gasteiger partial charge >= 0.3 is 0 Å². The Hall–Kier alpha value is -2.51. The number of rotatable bonds is 7. The number of ether oxygens (including phenoxy) is 2. The zero-order chi connectivity index (χ0) is 20.9. The van der Waals surface area contributed by atoms with Crippen molar-refractivity contribution in [3.63, 3.8) is 0 Å². The van der Waals surface area contributed by atoms with Gasteiger partial charge in [-0.25, -0.2) is 0 Å². The molecule has 0 atom stereocenters. The van der Waals surface area contributed by atoms with E-state index in [-0.39, 0.29) is 6.10 Å². The smallest absolute Gasteiger partial charge is 0.232 e. The lowest BCUT2D eigenvalue weighted by molar-refractivity contribution is 0.122. The highest BCUT2D eigenvalue weighted by Gasteiger charge is 2.22. The molecule has 1 aliphatic rings. The van der Waals surface area contributed by atoms with E-state index in [1.807, 2.05) is 32.0 Å².